The lowest BCUT2D eigenvalue weighted by atomic mass is 10.2. The van der Waals surface area contributed by atoms with Crippen LogP contribution in [0.4, 0.5) is 18.9 Å². The fraction of sp³-hybridized carbons (Fsp3) is 0.118. The molecule has 0 unspecified atom stereocenters. The summed E-state index contributed by atoms with van der Waals surface area (Å²) < 4.78 is 44.6. The zero-order valence-electron chi connectivity index (χ0n) is 13.3. The van der Waals surface area contributed by atoms with Gasteiger partial charge < -0.3 is 10.1 Å². The minimum atomic E-state index is -4.44. The molecule has 1 N–H and O–H groups in total. The summed E-state index contributed by atoms with van der Waals surface area (Å²) in [5.41, 5.74) is -0.0814. The van der Waals surface area contributed by atoms with Gasteiger partial charge in [0.05, 0.1) is 5.56 Å². The molecule has 3 rings (SSSR count). The average Bonchev–Trinajstić information content (AvgIpc) is 3.10. The van der Waals surface area contributed by atoms with Gasteiger partial charge in [-0.25, -0.2) is 4.68 Å². The van der Waals surface area contributed by atoms with Crippen LogP contribution in [0.3, 0.4) is 0 Å². The van der Waals surface area contributed by atoms with E-state index in [1.807, 2.05) is 0 Å². The van der Waals surface area contributed by atoms with E-state index in [2.05, 4.69) is 15.4 Å². The molecule has 0 atom stereocenters. The van der Waals surface area contributed by atoms with Gasteiger partial charge in [0.1, 0.15) is 5.75 Å². The molecule has 2 aromatic heterocycles. The number of carbonyl (C=O) groups is 1. The highest BCUT2D eigenvalue weighted by Gasteiger charge is 2.30. The van der Waals surface area contributed by atoms with Crippen molar-refractivity contribution in [3.63, 3.8) is 0 Å². The number of anilines is 1. The first kappa shape index (κ1) is 17.5. The third kappa shape index (κ3) is 4.38. The maximum Gasteiger partial charge on any atom is 0.416 e. The van der Waals surface area contributed by atoms with E-state index in [1.165, 1.54) is 41.5 Å². The van der Waals surface area contributed by atoms with Gasteiger partial charge in [0.15, 0.2) is 12.4 Å². The first-order valence-corrected chi connectivity index (χ1v) is 7.47. The second kappa shape index (κ2) is 7.26. The molecule has 0 aliphatic rings. The number of aromatic nitrogens is 3. The van der Waals surface area contributed by atoms with Gasteiger partial charge in [0, 0.05) is 24.3 Å². The molecule has 0 bridgehead atoms. The topological polar surface area (TPSA) is 69.0 Å². The zero-order chi connectivity index (χ0) is 18.6. The van der Waals surface area contributed by atoms with Crippen LogP contribution in [-0.2, 0) is 12.9 Å². The van der Waals surface area contributed by atoms with Crippen LogP contribution in [-0.4, -0.2) is 20.7 Å². The molecule has 0 aliphatic heterocycles. The summed E-state index contributed by atoms with van der Waals surface area (Å²) in [6.07, 6.45) is 0.132. The van der Waals surface area contributed by atoms with Crippen molar-refractivity contribution in [2.75, 3.05) is 5.32 Å². The number of amides is 1. The minimum Gasteiger partial charge on any atom is -0.471 e. The monoisotopic (exact) mass is 362 g/mol. The zero-order valence-corrected chi connectivity index (χ0v) is 13.3. The van der Waals surface area contributed by atoms with E-state index < -0.39 is 17.6 Å². The largest absolute Gasteiger partial charge is 0.471 e. The molecule has 0 saturated carbocycles. The maximum absolute atomic E-state index is 12.7. The van der Waals surface area contributed by atoms with E-state index in [0.717, 1.165) is 12.1 Å². The third-order valence-corrected chi connectivity index (χ3v) is 3.34. The summed E-state index contributed by atoms with van der Waals surface area (Å²) >= 11 is 0. The van der Waals surface area contributed by atoms with Gasteiger partial charge in [0.2, 0.25) is 0 Å². The molecule has 6 nitrogen and oxygen atoms in total. The van der Waals surface area contributed by atoms with Gasteiger partial charge in [-0.2, -0.15) is 18.3 Å². The highest BCUT2D eigenvalue weighted by molar-refractivity contribution is 6.02. The molecule has 26 heavy (non-hydrogen) atoms. The number of halogens is 3. The van der Waals surface area contributed by atoms with Crippen molar-refractivity contribution in [3.8, 4) is 5.75 Å². The Balaban J connectivity index is 1.61. The Labute approximate surface area is 146 Å². The third-order valence-electron chi connectivity index (χ3n) is 3.34. The molecule has 2 heterocycles. The van der Waals surface area contributed by atoms with E-state index >= 15 is 0 Å². The Hall–Kier alpha value is -3.36. The maximum atomic E-state index is 12.7. The number of pyridine rings is 1. The van der Waals surface area contributed by atoms with Crippen molar-refractivity contribution in [2.24, 2.45) is 0 Å². The molecule has 1 amide bonds. The van der Waals surface area contributed by atoms with Crippen molar-refractivity contribution in [2.45, 2.75) is 12.9 Å². The van der Waals surface area contributed by atoms with Crippen LogP contribution >= 0.6 is 0 Å². The van der Waals surface area contributed by atoms with Gasteiger partial charge in [-0.05, 0) is 36.4 Å². The summed E-state index contributed by atoms with van der Waals surface area (Å²) in [5.74, 6) is -0.368. The number of carbonyl (C=O) groups excluding carboxylic acids is 1. The second-order valence-corrected chi connectivity index (χ2v) is 5.23. The molecule has 0 aliphatic carbocycles. The van der Waals surface area contributed by atoms with Crippen LogP contribution in [0.5, 0.6) is 5.75 Å². The van der Waals surface area contributed by atoms with Crippen molar-refractivity contribution >= 4 is 11.6 Å². The van der Waals surface area contributed by atoms with Crippen LogP contribution in [0, 0.1) is 0 Å². The predicted octanol–water partition coefficient (Wildman–Crippen LogP) is 3.59. The number of ether oxygens (including phenoxy) is 1. The van der Waals surface area contributed by atoms with Crippen LogP contribution in [0.1, 0.15) is 16.1 Å². The Bertz CT molecular complexity index is 894. The van der Waals surface area contributed by atoms with Crippen LogP contribution in [0.25, 0.3) is 0 Å². The van der Waals surface area contributed by atoms with Crippen molar-refractivity contribution in [3.05, 3.63) is 72.3 Å². The number of rotatable bonds is 5. The summed E-state index contributed by atoms with van der Waals surface area (Å²) in [4.78, 5) is 15.9. The van der Waals surface area contributed by atoms with Crippen LogP contribution in [0.2, 0.25) is 0 Å². The lowest BCUT2D eigenvalue weighted by molar-refractivity contribution is -0.137. The first-order chi connectivity index (χ1) is 12.4. The average molecular weight is 362 g/mol. The first-order valence-electron chi connectivity index (χ1n) is 7.47. The standard InChI is InChI=1S/C17H13F3N4O2/c18-17(19,20)12-2-1-3-14(10-12)26-11-24-9-6-15(23-24)16(25)22-13-4-7-21-8-5-13/h1-10H,11H2,(H,21,22,25). The number of hydrogen-bond donors (Lipinski definition) is 1. The smallest absolute Gasteiger partial charge is 0.416 e. The van der Waals surface area contributed by atoms with Crippen molar-refractivity contribution in [1.82, 2.24) is 14.8 Å². The second-order valence-electron chi connectivity index (χ2n) is 5.23. The van der Waals surface area contributed by atoms with Crippen LogP contribution in [0.15, 0.2) is 61.1 Å². The van der Waals surface area contributed by atoms with E-state index in [4.69, 9.17) is 4.74 Å². The number of nitrogens with zero attached hydrogens (tertiary/aromatic N) is 3. The van der Waals surface area contributed by atoms with Crippen molar-refractivity contribution < 1.29 is 22.7 Å². The van der Waals surface area contributed by atoms with Gasteiger partial charge in [-0.3, -0.25) is 9.78 Å². The summed E-state index contributed by atoms with van der Waals surface area (Å²) in [6, 6.07) is 9.27. The molecular formula is C17H13F3N4O2. The number of hydrogen-bond acceptors (Lipinski definition) is 4. The predicted molar refractivity (Wildman–Crippen MR) is 86.5 cm³/mol. The molecule has 0 spiro atoms. The van der Waals surface area contributed by atoms with E-state index in [-0.39, 0.29) is 18.2 Å². The Morgan fingerprint density at radius 1 is 1.15 bits per heavy atom. The van der Waals surface area contributed by atoms with E-state index in [9.17, 15) is 18.0 Å². The SMILES string of the molecule is O=C(Nc1ccncc1)c1ccn(COc2cccc(C(F)(F)F)c2)n1. The minimum absolute atomic E-state index is 0.0538. The number of alkyl halides is 3. The molecular weight excluding hydrogens is 349 g/mol. The van der Waals surface area contributed by atoms with Gasteiger partial charge in [-0.1, -0.05) is 6.07 Å². The highest BCUT2D eigenvalue weighted by atomic mass is 19.4. The molecule has 1 aromatic carbocycles. The molecule has 0 radical (unpaired) electrons. The van der Waals surface area contributed by atoms with E-state index in [1.54, 1.807) is 12.1 Å². The Morgan fingerprint density at radius 2 is 1.92 bits per heavy atom. The van der Waals surface area contributed by atoms with Crippen molar-refractivity contribution in [1.29, 1.82) is 0 Å². The van der Waals surface area contributed by atoms with Gasteiger partial charge >= 0.3 is 6.18 Å². The van der Waals surface area contributed by atoms with Gasteiger partial charge in [0.25, 0.3) is 5.91 Å². The molecule has 3 aromatic rings. The molecule has 134 valence electrons. The molecule has 0 saturated heterocycles. The summed E-state index contributed by atoms with van der Waals surface area (Å²) in [5, 5.41) is 6.68. The summed E-state index contributed by atoms with van der Waals surface area (Å²) in [7, 11) is 0. The lowest BCUT2D eigenvalue weighted by Crippen LogP contribution is -2.14. The lowest BCUT2D eigenvalue weighted by Gasteiger charge is -2.10. The summed E-state index contributed by atoms with van der Waals surface area (Å²) in [6.45, 7) is -0.135. The van der Waals surface area contributed by atoms with E-state index in [0.29, 0.717) is 5.69 Å². The quantitative estimate of drug-likeness (QED) is 0.753. The van der Waals surface area contributed by atoms with Crippen LogP contribution < -0.4 is 10.1 Å². The number of nitrogens with one attached hydrogen (secondary N) is 1. The number of benzene rings is 1. The fourth-order valence-electron chi connectivity index (χ4n) is 2.09. The highest BCUT2D eigenvalue weighted by Crippen LogP contribution is 2.31. The fourth-order valence-corrected chi connectivity index (χ4v) is 2.09. The molecule has 9 heteroatoms. The van der Waals surface area contributed by atoms with Gasteiger partial charge in [-0.15, -0.1) is 0 Å². The Kier molecular flexibility index (Phi) is 4.87. The Morgan fingerprint density at radius 3 is 2.65 bits per heavy atom. The normalized spacial score (nSPS) is 11.2. The molecule has 0 fully saturated rings.